The Bertz CT molecular complexity index is 623. The fourth-order valence-electron chi connectivity index (χ4n) is 1.88. The first-order chi connectivity index (χ1) is 9.48. The van der Waals surface area contributed by atoms with Crippen LogP contribution >= 0.6 is 0 Å². The Kier molecular flexibility index (Phi) is 4.41. The molecule has 1 heterocycles. The molecule has 0 spiro atoms. The molecule has 1 aromatic rings. The lowest BCUT2D eigenvalue weighted by Gasteiger charge is -2.12. The zero-order valence-corrected chi connectivity index (χ0v) is 11.5. The van der Waals surface area contributed by atoms with E-state index in [1.807, 2.05) is 0 Å². The molecule has 1 atom stereocenters. The Morgan fingerprint density at radius 1 is 1.40 bits per heavy atom. The summed E-state index contributed by atoms with van der Waals surface area (Å²) in [6.07, 6.45) is 1.60. The number of ether oxygens (including phenoxy) is 1. The van der Waals surface area contributed by atoms with Crippen molar-refractivity contribution >= 4 is 15.8 Å². The van der Waals surface area contributed by atoms with Gasteiger partial charge in [0.2, 0.25) is 0 Å². The van der Waals surface area contributed by atoms with Crippen molar-refractivity contribution in [2.45, 2.75) is 6.04 Å². The number of carboxylic acid groups (broad SMARTS) is 1. The second-order valence-electron chi connectivity index (χ2n) is 4.37. The standard InChI is InChI=1S/C13H15NO5S/c15-13(16)11-3-1-2-4-12(11)19-7-6-14-10-5-8-20(17,18)9-10/h1-5,8,10,14H,6-7,9H2,(H,15,16). The summed E-state index contributed by atoms with van der Waals surface area (Å²) in [5, 5.41) is 13.2. The third-order valence-electron chi connectivity index (χ3n) is 2.81. The van der Waals surface area contributed by atoms with Crippen molar-refractivity contribution in [3.63, 3.8) is 0 Å². The van der Waals surface area contributed by atoms with E-state index in [1.165, 1.54) is 11.5 Å². The number of rotatable bonds is 6. The van der Waals surface area contributed by atoms with E-state index in [0.29, 0.717) is 12.3 Å². The lowest BCUT2D eigenvalue weighted by atomic mass is 10.2. The summed E-state index contributed by atoms with van der Waals surface area (Å²) in [5.74, 6) is -0.687. The molecule has 0 aromatic heterocycles. The van der Waals surface area contributed by atoms with Gasteiger partial charge in [0.05, 0.1) is 5.75 Å². The Hall–Kier alpha value is -1.86. The first-order valence-corrected chi connectivity index (χ1v) is 7.79. The first kappa shape index (κ1) is 14.5. The van der Waals surface area contributed by atoms with Crippen LogP contribution in [-0.4, -0.2) is 44.4 Å². The van der Waals surface area contributed by atoms with Crippen LogP contribution in [0, 0.1) is 0 Å². The second kappa shape index (κ2) is 6.06. The molecule has 0 saturated carbocycles. The van der Waals surface area contributed by atoms with Crippen molar-refractivity contribution in [2.24, 2.45) is 0 Å². The molecular formula is C13H15NO5S. The average molecular weight is 297 g/mol. The van der Waals surface area contributed by atoms with Crippen LogP contribution in [0.1, 0.15) is 10.4 Å². The summed E-state index contributed by atoms with van der Waals surface area (Å²) in [7, 11) is -3.06. The monoisotopic (exact) mass is 297 g/mol. The van der Waals surface area contributed by atoms with Crippen LogP contribution in [0.2, 0.25) is 0 Å². The van der Waals surface area contributed by atoms with Gasteiger partial charge >= 0.3 is 5.97 Å². The topological polar surface area (TPSA) is 92.7 Å². The molecule has 0 fully saturated rings. The van der Waals surface area contributed by atoms with Crippen molar-refractivity contribution in [3.05, 3.63) is 41.3 Å². The third-order valence-corrected chi connectivity index (χ3v) is 4.21. The van der Waals surface area contributed by atoms with Gasteiger partial charge in [-0.15, -0.1) is 0 Å². The molecule has 0 amide bonds. The maximum absolute atomic E-state index is 11.2. The maximum atomic E-state index is 11.2. The minimum absolute atomic E-state index is 0.0543. The molecule has 0 saturated heterocycles. The van der Waals surface area contributed by atoms with Gasteiger partial charge in [-0.1, -0.05) is 18.2 Å². The average Bonchev–Trinajstić information content (AvgIpc) is 2.74. The highest BCUT2D eigenvalue weighted by molar-refractivity contribution is 7.94. The van der Waals surface area contributed by atoms with E-state index in [9.17, 15) is 13.2 Å². The Morgan fingerprint density at radius 3 is 2.80 bits per heavy atom. The molecule has 0 radical (unpaired) electrons. The van der Waals surface area contributed by atoms with Crippen LogP contribution in [0.5, 0.6) is 5.75 Å². The zero-order chi connectivity index (χ0) is 14.6. The van der Waals surface area contributed by atoms with Gasteiger partial charge in [-0.25, -0.2) is 13.2 Å². The summed E-state index contributed by atoms with van der Waals surface area (Å²) < 4.78 is 27.8. The van der Waals surface area contributed by atoms with Gasteiger partial charge in [0.1, 0.15) is 17.9 Å². The minimum atomic E-state index is -3.06. The SMILES string of the molecule is O=C(O)c1ccccc1OCCNC1C=CS(=O)(=O)C1. The summed E-state index contributed by atoms with van der Waals surface area (Å²) >= 11 is 0. The molecule has 2 N–H and O–H groups in total. The number of benzene rings is 1. The van der Waals surface area contributed by atoms with Gasteiger partial charge in [-0.3, -0.25) is 0 Å². The third kappa shape index (κ3) is 3.82. The van der Waals surface area contributed by atoms with Gasteiger partial charge in [0.15, 0.2) is 9.84 Å². The van der Waals surface area contributed by atoms with E-state index in [1.54, 1.807) is 24.3 Å². The summed E-state index contributed by atoms with van der Waals surface area (Å²) in [6.45, 7) is 0.688. The maximum Gasteiger partial charge on any atom is 0.339 e. The first-order valence-electron chi connectivity index (χ1n) is 6.07. The van der Waals surface area contributed by atoms with Gasteiger partial charge in [-0.05, 0) is 12.1 Å². The van der Waals surface area contributed by atoms with Crippen LogP contribution in [0.4, 0.5) is 0 Å². The Balaban J connectivity index is 1.80. The number of carbonyl (C=O) groups is 1. The number of para-hydroxylation sites is 1. The van der Waals surface area contributed by atoms with Crippen molar-refractivity contribution in [2.75, 3.05) is 18.9 Å². The summed E-state index contributed by atoms with van der Waals surface area (Å²) in [4.78, 5) is 11.0. The molecule has 7 heteroatoms. The van der Waals surface area contributed by atoms with Crippen molar-refractivity contribution in [1.82, 2.24) is 5.32 Å². The number of hydrogen-bond acceptors (Lipinski definition) is 5. The lowest BCUT2D eigenvalue weighted by Crippen LogP contribution is -2.33. The number of sulfone groups is 1. The van der Waals surface area contributed by atoms with Crippen molar-refractivity contribution < 1.29 is 23.1 Å². The van der Waals surface area contributed by atoms with Gasteiger partial charge in [-0.2, -0.15) is 0 Å². The number of nitrogens with one attached hydrogen (secondary N) is 1. The molecular weight excluding hydrogens is 282 g/mol. The Labute approximate surface area is 117 Å². The summed E-state index contributed by atoms with van der Waals surface area (Å²) in [5.41, 5.74) is 0.107. The zero-order valence-electron chi connectivity index (χ0n) is 10.7. The van der Waals surface area contributed by atoms with Crippen molar-refractivity contribution in [3.8, 4) is 5.75 Å². The van der Waals surface area contributed by atoms with E-state index in [4.69, 9.17) is 9.84 Å². The highest BCUT2D eigenvalue weighted by Crippen LogP contribution is 2.17. The normalized spacial score (nSPS) is 19.9. The molecule has 0 bridgehead atoms. The van der Waals surface area contributed by atoms with E-state index < -0.39 is 15.8 Å². The molecule has 20 heavy (non-hydrogen) atoms. The number of aromatic carboxylic acids is 1. The smallest absolute Gasteiger partial charge is 0.339 e. The molecule has 1 aromatic carbocycles. The Morgan fingerprint density at radius 2 is 2.15 bits per heavy atom. The molecule has 6 nitrogen and oxygen atoms in total. The van der Waals surface area contributed by atoms with E-state index in [0.717, 1.165) is 0 Å². The molecule has 1 aliphatic rings. The summed E-state index contributed by atoms with van der Waals surface area (Å²) in [6, 6.07) is 6.17. The highest BCUT2D eigenvalue weighted by atomic mass is 32.2. The number of hydrogen-bond donors (Lipinski definition) is 2. The lowest BCUT2D eigenvalue weighted by molar-refractivity contribution is 0.0692. The fraction of sp³-hybridized carbons (Fsp3) is 0.308. The molecule has 108 valence electrons. The van der Waals surface area contributed by atoms with E-state index in [-0.39, 0.29) is 24.0 Å². The predicted octanol–water partition coefficient (Wildman–Crippen LogP) is 0.664. The minimum Gasteiger partial charge on any atom is -0.491 e. The quantitative estimate of drug-likeness (QED) is 0.750. The van der Waals surface area contributed by atoms with Crippen LogP contribution in [0.15, 0.2) is 35.7 Å². The second-order valence-corrected chi connectivity index (χ2v) is 6.30. The molecule has 1 aliphatic heterocycles. The predicted molar refractivity (Wildman–Crippen MR) is 73.6 cm³/mol. The van der Waals surface area contributed by atoms with Gasteiger partial charge < -0.3 is 15.2 Å². The molecule has 2 rings (SSSR count). The molecule has 0 aliphatic carbocycles. The van der Waals surface area contributed by atoms with Crippen LogP contribution < -0.4 is 10.1 Å². The van der Waals surface area contributed by atoms with E-state index in [2.05, 4.69) is 5.32 Å². The highest BCUT2D eigenvalue weighted by Gasteiger charge is 2.20. The van der Waals surface area contributed by atoms with Crippen LogP contribution in [0.25, 0.3) is 0 Å². The van der Waals surface area contributed by atoms with Crippen LogP contribution in [0.3, 0.4) is 0 Å². The van der Waals surface area contributed by atoms with Gasteiger partial charge in [0.25, 0.3) is 0 Å². The van der Waals surface area contributed by atoms with Gasteiger partial charge in [0, 0.05) is 18.0 Å². The van der Waals surface area contributed by atoms with E-state index >= 15 is 0 Å². The van der Waals surface area contributed by atoms with Crippen LogP contribution in [-0.2, 0) is 9.84 Å². The fourth-order valence-corrected chi connectivity index (χ4v) is 3.15. The van der Waals surface area contributed by atoms with Crippen molar-refractivity contribution in [1.29, 1.82) is 0 Å². The number of carboxylic acids is 1. The molecule has 1 unspecified atom stereocenters. The largest absolute Gasteiger partial charge is 0.491 e.